The van der Waals surface area contributed by atoms with Crippen molar-refractivity contribution in [1.29, 1.82) is 0 Å². The molecule has 2 aliphatic rings. The summed E-state index contributed by atoms with van der Waals surface area (Å²) in [6.07, 6.45) is 5.51. The number of carbonyl (C=O) groups excluding carboxylic acids is 1. The average molecular weight is 522 g/mol. The van der Waals surface area contributed by atoms with E-state index >= 15 is 0 Å². The summed E-state index contributed by atoms with van der Waals surface area (Å²) < 4.78 is 30.7. The van der Waals surface area contributed by atoms with Crippen molar-refractivity contribution < 1.29 is 13.2 Å². The molecule has 0 radical (unpaired) electrons. The molecule has 2 aromatic carbocycles. The molecule has 1 N–H and O–H groups in total. The number of piperidine rings is 1. The number of amides is 1. The van der Waals surface area contributed by atoms with Crippen molar-refractivity contribution in [1.82, 2.24) is 19.1 Å². The summed E-state index contributed by atoms with van der Waals surface area (Å²) in [5.41, 5.74) is 3.32. The number of para-hydroxylation sites is 1. The highest BCUT2D eigenvalue weighted by Crippen LogP contribution is 2.34. The van der Waals surface area contributed by atoms with Crippen LogP contribution in [-0.4, -0.2) is 46.0 Å². The average Bonchev–Trinajstić information content (AvgIpc) is 3.59. The summed E-state index contributed by atoms with van der Waals surface area (Å²) in [6.45, 7) is 2.48. The number of rotatable bonds is 5. The standard InChI is InChI=1S/C26H27N5O3S2/c1-17-7-4-5-16-30(17)36(33,34)19-14-12-18(13-15-19)25(32)28-24-20-8-6-10-21(20)29-31(24)26-27-22-9-2-3-11-23(22)35-26/h2-3,9,11-15,17H,4-8,10,16H2,1H3,(H,28,32). The lowest BCUT2D eigenvalue weighted by molar-refractivity contribution is 0.102. The zero-order valence-corrected chi connectivity index (χ0v) is 21.6. The van der Waals surface area contributed by atoms with Gasteiger partial charge in [-0.3, -0.25) is 4.79 Å². The van der Waals surface area contributed by atoms with Gasteiger partial charge < -0.3 is 5.32 Å². The number of nitrogens with one attached hydrogen (secondary N) is 1. The third-order valence-corrected chi connectivity index (χ3v) is 10.1. The van der Waals surface area contributed by atoms with Gasteiger partial charge in [0.25, 0.3) is 5.91 Å². The number of hydrogen-bond acceptors (Lipinski definition) is 6. The molecule has 186 valence electrons. The number of hydrogen-bond donors (Lipinski definition) is 1. The van der Waals surface area contributed by atoms with Crippen LogP contribution in [0.1, 0.15) is 54.2 Å². The van der Waals surface area contributed by atoms with Gasteiger partial charge >= 0.3 is 0 Å². The molecule has 2 aromatic heterocycles. The maximum atomic E-state index is 13.3. The zero-order valence-electron chi connectivity index (χ0n) is 20.0. The molecule has 8 nitrogen and oxygen atoms in total. The quantitative estimate of drug-likeness (QED) is 0.407. The van der Waals surface area contributed by atoms with E-state index in [4.69, 9.17) is 10.1 Å². The predicted molar refractivity (Wildman–Crippen MR) is 140 cm³/mol. The lowest BCUT2D eigenvalue weighted by Gasteiger charge is -2.32. The van der Waals surface area contributed by atoms with Gasteiger partial charge in [-0.2, -0.15) is 14.1 Å². The van der Waals surface area contributed by atoms with E-state index in [1.165, 1.54) is 23.5 Å². The Labute approximate surface area is 214 Å². The van der Waals surface area contributed by atoms with E-state index in [2.05, 4.69) is 5.32 Å². The number of aryl methyl sites for hydroxylation is 1. The second-order valence-electron chi connectivity index (χ2n) is 9.44. The Balaban J connectivity index is 1.28. The van der Waals surface area contributed by atoms with Crippen LogP contribution in [0.2, 0.25) is 0 Å². The van der Waals surface area contributed by atoms with E-state index in [1.54, 1.807) is 21.1 Å². The van der Waals surface area contributed by atoms with Crippen molar-refractivity contribution in [3.05, 3.63) is 65.4 Å². The Morgan fingerprint density at radius 3 is 2.64 bits per heavy atom. The lowest BCUT2D eigenvalue weighted by Crippen LogP contribution is -2.41. The van der Waals surface area contributed by atoms with Crippen molar-refractivity contribution in [3.63, 3.8) is 0 Å². The van der Waals surface area contributed by atoms with Crippen molar-refractivity contribution in [2.24, 2.45) is 0 Å². The molecule has 0 saturated carbocycles. The number of nitrogens with zero attached hydrogens (tertiary/aromatic N) is 4. The van der Waals surface area contributed by atoms with Crippen LogP contribution in [0.5, 0.6) is 0 Å². The first-order valence-electron chi connectivity index (χ1n) is 12.3. The minimum absolute atomic E-state index is 0.0170. The first-order chi connectivity index (χ1) is 17.4. The summed E-state index contributed by atoms with van der Waals surface area (Å²) in [5.74, 6) is 0.340. The van der Waals surface area contributed by atoms with Crippen LogP contribution in [0, 0.1) is 0 Å². The van der Waals surface area contributed by atoms with Crippen molar-refractivity contribution >= 4 is 43.3 Å². The molecule has 1 fully saturated rings. The number of carbonyl (C=O) groups is 1. The first-order valence-corrected chi connectivity index (χ1v) is 14.6. The normalized spacial score (nSPS) is 18.4. The minimum atomic E-state index is -3.59. The fourth-order valence-corrected chi connectivity index (χ4v) is 7.76. The summed E-state index contributed by atoms with van der Waals surface area (Å²) in [6, 6.07) is 14.1. The molecule has 1 unspecified atom stereocenters. The van der Waals surface area contributed by atoms with Crippen molar-refractivity contribution in [2.45, 2.75) is 56.4 Å². The summed E-state index contributed by atoms with van der Waals surface area (Å²) >= 11 is 1.53. The fraction of sp³-hybridized carbons (Fsp3) is 0.346. The number of aromatic nitrogens is 3. The molecular weight excluding hydrogens is 494 g/mol. The molecule has 0 bridgehead atoms. The molecule has 1 aliphatic carbocycles. The third-order valence-electron chi connectivity index (χ3n) is 7.07. The smallest absolute Gasteiger partial charge is 0.256 e. The van der Waals surface area contributed by atoms with E-state index in [0.29, 0.717) is 23.1 Å². The van der Waals surface area contributed by atoms with Crippen LogP contribution < -0.4 is 5.32 Å². The van der Waals surface area contributed by atoms with Crippen molar-refractivity contribution in [3.8, 4) is 5.13 Å². The highest BCUT2D eigenvalue weighted by atomic mass is 32.2. The molecular formula is C26H27N5O3S2. The summed E-state index contributed by atoms with van der Waals surface area (Å²) in [5, 5.41) is 8.53. The van der Waals surface area contributed by atoms with Gasteiger partial charge in [0.2, 0.25) is 15.2 Å². The van der Waals surface area contributed by atoms with Gasteiger partial charge in [0, 0.05) is 23.7 Å². The van der Waals surface area contributed by atoms with E-state index in [0.717, 1.165) is 60.0 Å². The van der Waals surface area contributed by atoms with Crippen LogP contribution in [0.25, 0.3) is 15.3 Å². The number of benzene rings is 2. The summed E-state index contributed by atoms with van der Waals surface area (Å²) in [4.78, 5) is 18.2. The van der Waals surface area contributed by atoms with Gasteiger partial charge in [-0.25, -0.2) is 13.4 Å². The van der Waals surface area contributed by atoms with Crippen LogP contribution >= 0.6 is 11.3 Å². The molecule has 36 heavy (non-hydrogen) atoms. The molecule has 3 heterocycles. The van der Waals surface area contributed by atoms with Gasteiger partial charge in [0.15, 0.2) is 0 Å². The predicted octanol–water partition coefficient (Wildman–Crippen LogP) is 4.79. The molecule has 1 atom stereocenters. The number of anilines is 1. The molecule has 4 aromatic rings. The molecule has 0 spiro atoms. The molecule has 1 saturated heterocycles. The number of thiazole rings is 1. The first kappa shape index (κ1) is 23.3. The van der Waals surface area contributed by atoms with Gasteiger partial charge in [0.05, 0.1) is 20.8 Å². The summed E-state index contributed by atoms with van der Waals surface area (Å²) in [7, 11) is -3.59. The molecule has 6 rings (SSSR count). The Bertz CT molecular complexity index is 1520. The Morgan fingerprint density at radius 1 is 1.06 bits per heavy atom. The van der Waals surface area contributed by atoms with Crippen LogP contribution in [0.15, 0.2) is 53.4 Å². The lowest BCUT2D eigenvalue weighted by atomic mass is 10.1. The molecule has 10 heteroatoms. The maximum absolute atomic E-state index is 13.3. The minimum Gasteiger partial charge on any atom is -0.306 e. The zero-order chi connectivity index (χ0) is 24.9. The Morgan fingerprint density at radius 2 is 1.86 bits per heavy atom. The topological polar surface area (TPSA) is 97.2 Å². The highest BCUT2D eigenvalue weighted by Gasteiger charge is 2.31. The van der Waals surface area contributed by atoms with E-state index in [9.17, 15) is 13.2 Å². The SMILES string of the molecule is CC1CCCCN1S(=O)(=O)c1ccc(C(=O)Nc2c3c(nn2-c2nc4ccccc4s2)CCC3)cc1. The third kappa shape index (κ3) is 4.03. The van der Waals surface area contributed by atoms with E-state index in [-0.39, 0.29) is 16.8 Å². The number of sulfonamides is 1. The van der Waals surface area contributed by atoms with Gasteiger partial charge in [-0.15, -0.1) is 0 Å². The Hall–Kier alpha value is -3.08. The van der Waals surface area contributed by atoms with E-state index < -0.39 is 10.0 Å². The van der Waals surface area contributed by atoms with Gasteiger partial charge in [-0.1, -0.05) is 29.9 Å². The van der Waals surface area contributed by atoms with Crippen LogP contribution in [0.4, 0.5) is 5.82 Å². The van der Waals surface area contributed by atoms with E-state index in [1.807, 2.05) is 31.2 Å². The second-order valence-corrected chi connectivity index (χ2v) is 12.3. The fourth-order valence-electron chi connectivity index (χ4n) is 5.13. The van der Waals surface area contributed by atoms with Gasteiger partial charge in [0.1, 0.15) is 5.82 Å². The number of fused-ring (bicyclic) bond motifs is 2. The second kappa shape index (κ2) is 9.10. The molecule has 1 aliphatic heterocycles. The van der Waals surface area contributed by atoms with Gasteiger partial charge in [-0.05, 0) is 75.4 Å². The largest absolute Gasteiger partial charge is 0.306 e. The monoisotopic (exact) mass is 521 g/mol. The maximum Gasteiger partial charge on any atom is 0.256 e. The van der Waals surface area contributed by atoms with Crippen LogP contribution in [-0.2, 0) is 22.9 Å². The highest BCUT2D eigenvalue weighted by molar-refractivity contribution is 7.89. The Kier molecular flexibility index (Phi) is 5.89. The molecule has 1 amide bonds. The van der Waals surface area contributed by atoms with Crippen LogP contribution in [0.3, 0.4) is 0 Å². The van der Waals surface area contributed by atoms with Crippen molar-refractivity contribution in [2.75, 3.05) is 11.9 Å².